The van der Waals surface area contributed by atoms with E-state index in [4.69, 9.17) is 23.2 Å². The van der Waals surface area contributed by atoms with E-state index in [1.807, 2.05) is 11.0 Å². The fourth-order valence-corrected chi connectivity index (χ4v) is 5.45. The Hall–Kier alpha value is -1.16. The van der Waals surface area contributed by atoms with Gasteiger partial charge in [-0.1, -0.05) is 73.1 Å². The molecule has 0 aromatic heterocycles. The van der Waals surface area contributed by atoms with Crippen molar-refractivity contribution in [3.8, 4) is 0 Å². The molecular weight excluding hydrogens is 397 g/mol. The fraction of sp³-hybridized carbons (Fsp3) is 0.409. The topological polar surface area (TPSA) is 20.3 Å². The van der Waals surface area contributed by atoms with Crippen LogP contribution in [0.2, 0.25) is 10.0 Å². The maximum absolute atomic E-state index is 12.4. The van der Waals surface area contributed by atoms with Crippen LogP contribution in [0.4, 0.5) is 0 Å². The van der Waals surface area contributed by atoms with E-state index in [9.17, 15) is 4.79 Å². The van der Waals surface area contributed by atoms with Crippen LogP contribution < -0.4 is 0 Å². The second-order valence-corrected chi connectivity index (χ2v) is 9.54. The van der Waals surface area contributed by atoms with Crippen LogP contribution in [0.3, 0.4) is 0 Å². The van der Waals surface area contributed by atoms with Crippen molar-refractivity contribution in [2.24, 2.45) is 5.92 Å². The predicted molar refractivity (Wildman–Crippen MR) is 113 cm³/mol. The number of hydrogen-bond donors (Lipinski definition) is 0. The molecule has 1 saturated carbocycles. The smallest absolute Gasteiger partial charge is 0.226 e. The summed E-state index contributed by atoms with van der Waals surface area (Å²) in [6, 6.07) is 12.5. The summed E-state index contributed by atoms with van der Waals surface area (Å²) < 4.78 is 0. The number of likely N-dealkylation sites (tertiary alicyclic amines) is 1. The van der Waals surface area contributed by atoms with Gasteiger partial charge in [-0.15, -0.1) is 0 Å². The Morgan fingerprint density at radius 3 is 2.48 bits per heavy atom. The van der Waals surface area contributed by atoms with Crippen molar-refractivity contribution in [3.05, 3.63) is 57.6 Å². The molecule has 5 heteroatoms. The molecule has 2 fully saturated rings. The lowest BCUT2D eigenvalue weighted by Gasteiger charge is -2.31. The fourth-order valence-electron chi connectivity index (χ4n) is 3.66. The molecule has 142 valence electrons. The largest absolute Gasteiger partial charge is 0.342 e. The summed E-state index contributed by atoms with van der Waals surface area (Å²) in [6.07, 6.45) is 2.01. The summed E-state index contributed by atoms with van der Waals surface area (Å²) in [7, 11) is 0. The molecule has 1 aliphatic heterocycles. The SMILES string of the molecule is CC(C)c1ccccc1Sc1ccc(C2CC2C(=O)N2CCC2)c(Cl)c1Cl. The van der Waals surface area contributed by atoms with Crippen molar-refractivity contribution in [3.63, 3.8) is 0 Å². The van der Waals surface area contributed by atoms with Crippen molar-refractivity contribution < 1.29 is 4.79 Å². The maximum atomic E-state index is 12.4. The monoisotopic (exact) mass is 419 g/mol. The molecule has 1 aliphatic carbocycles. The van der Waals surface area contributed by atoms with Gasteiger partial charge in [0.1, 0.15) is 0 Å². The van der Waals surface area contributed by atoms with Gasteiger partial charge in [0, 0.05) is 28.8 Å². The van der Waals surface area contributed by atoms with Crippen LogP contribution in [-0.2, 0) is 4.79 Å². The zero-order valence-electron chi connectivity index (χ0n) is 15.5. The first kappa shape index (κ1) is 19.2. The van der Waals surface area contributed by atoms with E-state index in [0.29, 0.717) is 16.0 Å². The van der Waals surface area contributed by atoms with E-state index in [0.717, 1.165) is 36.4 Å². The number of nitrogens with zero attached hydrogens (tertiary/aromatic N) is 1. The van der Waals surface area contributed by atoms with Crippen LogP contribution in [0.1, 0.15) is 49.7 Å². The molecule has 4 rings (SSSR count). The highest BCUT2D eigenvalue weighted by Crippen LogP contribution is 2.53. The van der Waals surface area contributed by atoms with Gasteiger partial charge in [0.2, 0.25) is 5.91 Å². The Morgan fingerprint density at radius 2 is 1.81 bits per heavy atom. The zero-order chi connectivity index (χ0) is 19.1. The Labute approximate surface area is 175 Å². The van der Waals surface area contributed by atoms with Crippen LogP contribution in [0.5, 0.6) is 0 Å². The number of carbonyl (C=O) groups excluding carboxylic acids is 1. The van der Waals surface area contributed by atoms with Crippen LogP contribution >= 0.6 is 35.0 Å². The quantitative estimate of drug-likeness (QED) is 0.543. The molecule has 1 amide bonds. The average Bonchev–Trinajstić information content (AvgIpc) is 3.38. The Balaban J connectivity index is 1.54. The summed E-state index contributed by atoms with van der Waals surface area (Å²) in [5, 5.41) is 1.20. The van der Waals surface area contributed by atoms with Crippen molar-refractivity contribution in [2.75, 3.05) is 13.1 Å². The summed E-state index contributed by atoms with van der Waals surface area (Å²) in [4.78, 5) is 16.5. The van der Waals surface area contributed by atoms with Crippen LogP contribution in [0.15, 0.2) is 46.2 Å². The molecule has 27 heavy (non-hydrogen) atoms. The molecule has 0 N–H and O–H groups in total. The van der Waals surface area contributed by atoms with E-state index in [2.05, 4.69) is 44.2 Å². The van der Waals surface area contributed by atoms with E-state index in [1.165, 1.54) is 10.5 Å². The lowest BCUT2D eigenvalue weighted by Crippen LogP contribution is -2.43. The van der Waals surface area contributed by atoms with Crippen molar-refractivity contribution in [1.82, 2.24) is 4.90 Å². The average molecular weight is 420 g/mol. The summed E-state index contributed by atoms with van der Waals surface area (Å²) in [6.45, 7) is 6.20. The highest BCUT2D eigenvalue weighted by atomic mass is 35.5. The second-order valence-electron chi connectivity index (χ2n) is 7.70. The minimum atomic E-state index is 0.0824. The van der Waals surface area contributed by atoms with E-state index in [1.54, 1.807) is 11.8 Å². The molecule has 2 aromatic rings. The number of benzene rings is 2. The molecule has 0 bridgehead atoms. The minimum absolute atomic E-state index is 0.0824. The van der Waals surface area contributed by atoms with E-state index >= 15 is 0 Å². The van der Waals surface area contributed by atoms with Crippen LogP contribution in [-0.4, -0.2) is 23.9 Å². The van der Waals surface area contributed by atoms with E-state index in [-0.39, 0.29) is 17.7 Å². The molecule has 2 unspecified atom stereocenters. The van der Waals surface area contributed by atoms with E-state index < -0.39 is 0 Å². The summed E-state index contributed by atoms with van der Waals surface area (Å²) in [5.74, 6) is 1.02. The molecule has 0 spiro atoms. The lowest BCUT2D eigenvalue weighted by molar-refractivity contribution is -0.136. The zero-order valence-corrected chi connectivity index (χ0v) is 17.9. The van der Waals surface area contributed by atoms with Gasteiger partial charge < -0.3 is 4.90 Å². The molecule has 1 saturated heterocycles. The van der Waals surface area contributed by atoms with Crippen molar-refractivity contribution in [2.45, 2.75) is 48.3 Å². The number of amides is 1. The first-order chi connectivity index (χ1) is 13.0. The molecule has 0 radical (unpaired) electrons. The van der Waals surface area contributed by atoms with Gasteiger partial charge in [0.05, 0.1) is 10.0 Å². The molecule has 2 aromatic carbocycles. The number of carbonyl (C=O) groups is 1. The highest BCUT2D eigenvalue weighted by Gasteiger charge is 2.47. The van der Waals surface area contributed by atoms with Crippen molar-refractivity contribution >= 4 is 40.9 Å². The van der Waals surface area contributed by atoms with Gasteiger partial charge in [-0.05, 0) is 47.9 Å². The summed E-state index contributed by atoms with van der Waals surface area (Å²) >= 11 is 14.9. The molecule has 2 aliphatic rings. The van der Waals surface area contributed by atoms with Crippen LogP contribution in [0.25, 0.3) is 0 Å². The third-order valence-corrected chi connectivity index (χ3v) is 7.67. The molecule has 2 nitrogen and oxygen atoms in total. The first-order valence-electron chi connectivity index (χ1n) is 9.50. The first-order valence-corrected chi connectivity index (χ1v) is 11.1. The molecular formula is C22H23Cl2NOS. The Kier molecular flexibility index (Phi) is 5.46. The molecule has 2 atom stereocenters. The predicted octanol–water partition coefficient (Wildman–Crippen LogP) is 6.60. The van der Waals surface area contributed by atoms with Gasteiger partial charge in [0.25, 0.3) is 0 Å². The van der Waals surface area contributed by atoms with Crippen LogP contribution in [0, 0.1) is 5.92 Å². The number of hydrogen-bond acceptors (Lipinski definition) is 2. The van der Waals surface area contributed by atoms with Gasteiger partial charge in [-0.3, -0.25) is 4.79 Å². The molecule has 1 heterocycles. The maximum Gasteiger partial charge on any atom is 0.226 e. The van der Waals surface area contributed by atoms with Crippen molar-refractivity contribution in [1.29, 1.82) is 0 Å². The van der Waals surface area contributed by atoms with Gasteiger partial charge >= 0.3 is 0 Å². The number of rotatable bonds is 5. The van der Waals surface area contributed by atoms with Gasteiger partial charge in [-0.25, -0.2) is 0 Å². The number of halogens is 2. The lowest BCUT2D eigenvalue weighted by atomic mass is 10.0. The minimum Gasteiger partial charge on any atom is -0.342 e. The normalized spacial score (nSPS) is 21.3. The highest BCUT2D eigenvalue weighted by molar-refractivity contribution is 7.99. The standard InChI is InChI=1S/C22H23Cl2NOS/c1-13(2)14-6-3-4-7-18(14)27-19-9-8-15(20(23)21(19)24)16-12-17(16)22(26)25-10-5-11-25/h3-4,6-9,13,16-17H,5,10-12H2,1-2H3. The van der Waals surface area contributed by atoms with Gasteiger partial charge in [0.15, 0.2) is 0 Å². The third kappa shape index (κ3) is 3.74. The van der Waals surface area contributed by atoms with Gasteiger partial charge in [-0.2, -0.15) is 0 Å². The Morgan fingerprint density at radius 1 is 1.07 bits per heavy atom. The Bertz CT molecular complexity index is 879. The summed E-state index contributed by atoms with van der Waals surface area (Å²) in [5.41, 5.74) is 2.32. The third-order valence-electron chi connectivity index (χ3n) is 5.51. The second kappa shape index (κ2) is 7.69.